The lowest BCUT2D eigenvalue weighted by atomic mass is 10.2. The number of aromatic nitrogens is 2. The molecule has 0 amide bonds. The van der Waals surface area contributed by atoms with Gasteiger partial charge in [0.25, 0.3) is 5.56 Å². The van der Waals surface area contributed by atoms with Crippen LogP contribution in [0, 0.1) is 13.8 Å². The average Bonchev–Trinajstić information content (AvgIpc) is 2.52. The minimum atomic E-state index is 0.0159. The van der Waals surface area contributed by atoms with Gasteiger partial charge >= 0.3 is 0 Å². The standard InChI is InChI=1S/C18H18N2OS/c1-12-8-9-13(2)16(10-12)22-11-17-19-15-7-5-4-6-14(15)18(21)20(17)3/h4-10H,11H2,1-3H3. The van der Waals surface area contributed by atoms with Gasteiger partial charge in [0.05, 0.1) is 16.7 Å². The van der Waals surface area contributed by atoms with Crippen molar-refractivity contribution in [1.82, 2.24) is 9.55 Å². The van der Waals surface area contributed by atoms with E-state index in [2.05, 4.69) is 37.0 Å². The molecular formula is C18H18N2OS. The Hall–Kier alpha value is -2.07. The summed E-state index contributed by atoms with van der Waals surface area (Å²) in [5.74, 6) is 1.48. The number of hydrogen-bond donors (Lipinski definition) is 0. The molecule has 2 aromatic carbocycles. The van der Waals surface area contributed by atoms with Crippen LogP contribution in [0.5, 0.6) is 0 Å². The van der Waals surface area contributed by atoms with Crippen LogP contribution < -0.4 is 5.56 Å². The predicted molar refractivity (Wildman–Crippen MR) is 92.5 cm³/mol. The molecule has 3 rings (SSSR count). The number of aryl methyl sites for hydroxylation is 2. The molecule has 0 saturated heterocycles. The molecule has 0 saturated carbocycles. The topological polar surface area (TPSA) is 34.9 Å². The molecule has 0 bridgehead atoms. The van der Waals surface area contributed by atoms with E-state index in [-0.39, 0.29) is 5.56 Å². The molecule has 0 aliphatic carbocycles. The highest BCUT2D eigenvalue weighted by atomic mass is 32.2. The molecule has 0 atom stereocenters. The van der Waals surface area contributed by atoms with Crippen molar-refractivity contribution in [2.75, 3.05) is 0 Å². The van der Waals surface area contributed by atoms with E-state index in [0.717, 1.165) is 11.3 Å². The lowest BCUT2D eigenvalue weighted by molar-refractivity contribution is 0.785. The van der Waals surface area contributed by atoms with E-state index in [0.29, 0.717) is 11.1 Å². The van der Waals surface area contributed by atoms with Gasteiger partial charge in [-0.1, -0.05) is 29.8 Å². The Balaban J connectivity index is 1.96. The molecule has 0 aliphatic heterocycles. The molecule has 3 nitrogen and oxygen atoms in total. The summed E-state index contributed by atoms with van der Waals surface area (Å²) < 4.78 is 1.65. The van der Waals surface area contributed by atoms with E-state index in [1.165, 1.54) is 16.0 Å². The molecule has 0 N–H and O–H groups in total. The highest BCUT2D eigenvalue weighted by molar-refractivity contribution is 7.98. The molecule has 3 aromatic rings. The molecule has 0 fully saturated rings. The summed E-state index contributed by atoms with van der Waals surface area (Å²) in [6.45, 7) is 4.20. The van der Waals surface area contributed by atoms with Crippen molar-refractivity contribution in [3.63, 3.8) is 0 Å². The Morgan fingerprint density at radius 2 is 1.91 bits per heavy atom. The van der Waals surface area contributed by atoms with Gasteiger partial charge in [0.15, 0.2) is 0 Å². The third-order valence-electron chi connectivity index (χ3n) is 3.78. The third-order valence-corrected chi connectivity index (χ3v) is 4.93. The van der Waals surface area contributed by atoms with Gasteiger partial charge < -0.3 is 0 Å². The molecule has 4 heteroatoms. The van der Waals surface area contributed by atoms with Crippen molar-refractivity contribution in [1.29, 1.82) is 0 Å². The minimum Gasteiger partial charge on any atom is -0.299 e. The molecular weight excluding hydrogens is 292 g/mol. The molecule has 0 spiro atoms. The normalized spacial score (nSPS) is 11.0. The fourth-order valence-electron chi connectivity index (χ4n) is 2.40. The maximum atomic E-state index is 12.4. The number of thioether (sulfide) groups is 1. The Labute approximate surface area is 134 Å². The summed E-state index contributed by atoms with van der Waals surface area (Å²) >= 11 is 1.72. The summed E-state index contributed by atoms with van der Waals surface area (Å²) in [5.41, 5.74) is 3.28. The molecule has 112 valence electrons. The number of rotatable bonds is 3. The maximum Gasteiger partial charge on any atom is 0.261 e. The number of para-hydroxylation sites is 1. The van der Waals surface area contributed by atoms with Crippen LogP contribution in [0.1, 0.15) is 17.0 Å². The maximum absolute atomic E-state index is 12.4. The van der Waals surface area contributed by atoms with E-state index in [9.17, 15) is 4.79 Å². The molecule has 0 unspecified atom stereocenters. The van der Waals surface area contributed by atoms with E-state index >= 15 is 0 Å². The number of nitrogens with zero attached hydrogens (tertiary/aromatic N) is 2. The van der Waals surface area contributed by atoms with Crippen LogP contribution >= 0.6 is 11.8 Å². The summed E-state index contributed by atoms with van der Waals surface area (Å²) in [4.78, 5) is 18.3. The Kier molecular flexibility index (Phi) is 4.03. The fourth-order valence-corrected chi connectivity index (χ4v) is 3.51. The van der Waals surface area contributed by atoms with Crippen molar-refractivity contribution in [2.24, 2.45) is 7.05 Å². The summed E-state index contributed by atoms with van der Waals surface area (Å²) in [7, 11) is 1.79. The molecule has 1 aromatic heterocycles. The van der Waals surface area contributed by atoms with E-state index < -0.39 is 0 Å². The lowest BCUT2D eigenvalue weighted by Gasteiger charge is -2.10. The predicted octanol–water partition coefficient (Wildman–Crippen LogP) is 3.84. The van der Waals surface area contributed by atoms with Crippen LogP contribution in [0.25, 0.3) is 10.9 Å². The molecule has 0 aliphatic rings. The van der Waals surface area contributed by atoms with Crippen LogP contribution in [0.15, 0.2) is 52.2 Å². The van der Waals surface area contributed by atoms with Gasteiger partial charge in [-0.25, -0.2) is 4.98 Å². The van der Waals surface area contributed by atoms with Gasteiger partial charge in [0.1, 0.15) is 5.82 Å². The second-order valence-corrected chi connectivity index (χ2v) is 6.48. The highest BCUT2D eigenvalue weighted by Crippen LogP contribution is 2.26. The van der Waals surface area contributed by atoms with Gasteiger partial charge in [-0.3, -0.25) is 9.36 Å². The molecule has 22 heavy (non-hydrogen) atoms. The smallest absolute Gasteiger partial charge is 0.261 e. The van der Waals surface area contributed by atoms with E-state index in [4.69, 9.17) is 0 Å². The van der Waals surface area contributed by atoms with Crippen molar-refractivity contribution in [3.05, 3.63) is 69.8 Å². The zero-order valence-electron chi connectivity index (χ0n) is 13.0. The monoisotopic (exact) mass is 310 g/mol. The Morgan fingerprint density at radius 1 is 1.14 bits per heavy atom. The quantitative estimate of drug-likeness (QED) is 0.689. The number of fused-ring (bicyclic) bond motifs is 1. The minimum absolute atomic E-state index is 0.0159. The van der Waals surface area contributed by atoms with Crippen molar-refractivity contribution in [3.8, 4) is 0 Å². The van der Waals surface area contributed by atoms with E-state index in [1.54, 1.807) is 23.4 Å². The summed E-state index contributed by atoms with van der Waals surface area (Å²) in [6, 6.07) is 13.9. The molecule has 1 heterocycles. The molecule has 0 radical (unpaired) electrons. The second-order valence-electron chi connectivity index (χ2n) is 5.47. The van der Waals surface area contributed by atoms with Gasteiger partial charge in [-0.05, 0) is 37.6 Å². The first-order valence-electron chi connectivity index (χ1n) is 7.21. The van der Waals surface area contributed by atoms with Gasteiger partial charge in [0.2, 0.25) is 0 Å². The average molecular weight is 310 g/mol. The van der Waals surface area contributed by atoms with Crippen LogP contribution in [-0.4, -0.2) is 9.55 Å². The fraction of sp³-hybridized carbons (Fsp3) is 0.222. The van der Waals surface area contributed by atoms with Gasteiger partial charge in [0, 0.05) is 11.9 Å². The van der Waals surface area contributed by atoms with Crippen LogP contribution in [0.4, 0.5) is 0 Å². The highest BCUT2D eigenvalue weighted by Gasteiger charge is 2.09. The van der Waals surface area contributed by atoms with Crippen LogP contribution in [0.2, 0.25) is 0 Å². The lowest BCUT2D eigenvalue weighted by Crippen LogP contribution is -2.21. The SMILES string of the molecule is Cc1ccc(C)c(SCc2nc3ccccc3c(=O)n2C)c1. The summed E-state index contributed by atoms with van der Waals surface area (Å²) in [6.07, 6.45) is 0. The summed E-state index contributed by atoms with van der Waals surface area (Å²) in [5, 5.41) is 0.672. The van der Waals surface area contributed by atoms with Gasteiger partial charge in [-0.15, -0.1) is 11.8 Å². The first kappa shape index (κ1) is 14.9. The number of hydrogen-bond acceptors (Lipinski definition) is 3. The van der Waals surface area contributed by atoms with Crippen molar-refractivity contribution >= 4 is 22.7 Å². The second kappa shape index (κ2) is 5.97. The van der Waals surface area contributed by atoms with Crippen molar-refractivity contribution < 1.29 is 0 Å². The Morgan fingerprint density at radius 3 is 2.73 bits per heavy atom. The largest absolute Gasteiger partial charge is 0.299 e. The van der Waals surface area contributed by atoms with Crippen molar-refractivity contribution in [2.45, 2.75) is 24.5 Å². The van der Waals surface area contributed by atoms with Crippen LogP contribution in [0.3, 0.4) is 0 Å². The third kappa shape index (κ3) is 2.79. The van der Waals surface area contributed by atoms with E-state index in [1.807, 2.05) is 24.3 Å². The number of benzene rings is 2. The first-order chi connectivity index (χ1) is 10.6. The first-order valence-corrected chi connectivity index (χ1v) is 8.19. The van der Waals surface area contributed by atoms with Gasteiger partial charge in [-0.2, -0.15) is 0 Å². The Bertz CT molecular complexity index is 899. The zero-order chi connectivity index (χ0) is 15.7. The van der Waals surface area contributed by atoms with Crippen LogP contribution in [-0.2, 0) is 12.8 Å². The zero-order valence-corrected chi connectivity index (χ0v) is 13.8.